The Morgan fingerprint density at radius 2 is 2.00 bits per heavy atom. The van der Waals surface area contributed by atoms with Gasteiger partial charge >= 0.3 is 0 Å². The number of nitrogens with zero attached hydrogens (tertiary/aromatic N) is 3. The Kier molecular flexibility index (Phi) is 4.27. The third kappa shape index (κ3) is 4.08. The van der Waals surface area contributed by atoms with Gasteiger partial charge in [-0.2, -0.15) is 0 Å². The lowest BCUT2D eigenvalue weighted by Gasteiger charge is -2.21. The van der Waals surface area contributed by atoms with Crippen LogP contribution in [0.5, 0.6) is 0 Å². The highest BCUT2D eigenvalue weighted by Crippen LogP contribution is 2.28. The molecule has 0 unspecified atom stereocenters. The van der Waals surface area contributed by atoms with Gasteiger partial charge in [-0.15, -0.1) is 10.2 Å². The predicted molar refractivity (Wildman–Crippen MR) is 78.2 cm³/mol. The zero-order valence-electron chi connectivity index (χ0n) is 11.8. The van der Waals surface area contributed by atoms with E-state index in [4.69, 9.17) is 0 Å². The summed E-state index contributed by atoms with van der Waals surface area (Å²) in [4.78, 5) is 1.22. The van der Waals surface area contributed by atoms with Gasteiger partial charge in [-0.1, -0.05) is 18.2 Å². The van der Waals surface area contributed by atoms with Crippen LogP contribution in [0.4, 0.5) is 0 Å². The topological polar surface area (TPSA) is 42.7 Å². The van der Waals surface area contributed by atoms with E-state index in [1.165, 1.54) is 10.5 Å². The molecule has 0 amide bonds. The normalized spacial score (nSPS) is 11.8. The first-order chi connectivity index (χ1) is 8.96. The largest absolute Gasteiger partial charge is 0.311 e. The van der Waals surface area contributed by atoms with Crippen LogP contribution < -0.4 is 5.32 Å². The minimum Gasteiger partial charge on any atom is -0.311 e. The lowest BCUT2D eigenvalue weighted by Crippen LogP contribution is -2.35. The number of aryl methyl sites for hydroxylation is 1. The fourth-order valence-corrected chi connectivity index (χ4v) is 2.47. The molecule has 1 aromatic heterocycles. The van der Waals surface area contributed by atoms with E-state index in [0.29, 0.717) is 0 Å². The van der Waals surface area contributed by atoms with Gasteiger partial charge in [0.15, 0.2) is 5.16 Å². The van der Waals surface area contributed by atoms with Crippen molar-refractivity contribution in [1.82, 2.24) is 20.1 Å². The van der Waals surface area contributed by atoms with Crippen LogP contribution in [0.2, 0.25) is 0 Å². The third-order valence-corrected chi connectivity index (χ3v) is 3.82. The number of aromatic nitrogens is 3. The van der Waals surface area contributed by atoms with Gasteiger partial charge in [-0.05, 0) is 44.2 Å². The Hall–Kier alpha value is -1.33. The fraction of sp³-hybridized carbons (Fsp3) is 0.429. The molecule has 2 aromatic rings. The Morgan fingerprint density at radius 3 is 2.63 bits per heavy atom. The second-order valence-electron chi connectivity index (χ2n) is 5.54. The molecule has 0 aliphatic heterocycles. The molecule has 0 saturated carbocycles. The molecule has 1 N–H and O–H groups in total. The Balaban J connectivity index is 2.15. The summed E-state index contributed by atoms with van der Waals surface area (Å²) in [6, 6.07) is 8.40. The summed E-state index contributed by atoms with van der Waals surface area (Å²) in [5, 5.41) is 12.4. The van der Waals surface area contributed by atoms with Crippen molar-refractivity contribution in [2.75, 3.05) is 0 Å². The zero-order chi connectivity index (χ0) is 13.9. The van der Waals surface area contributed by atoms with Crippen LogP contribution >= 0.6 is 11.8 Å². The average Bonchev–Trinajstić information content (AvgIpc) is 2.73. The van der Waals surface area contributed by atoms with Crippen LogP contribution in [0.25, 0.3) is 0 Å². The molecule has 0 bridgehead atoms. The summed E-state index contributed by atoms with van der Waals surface area (Å²) in [6.07, 6.45) is 1.72. The van der Waals surface area contributed by atoms with Crippen molar-refractivity contribution in [3.05, 3.63) is 36.2 Å². The maximum absolute atomic E-state index is 4.12. The summed E-state index contributed by atoms with van der Waals surface area (Å²) >= 11 is 1.65. The van der Waals surface area contributed by atoms with E-state index >= 15 is 0 Å². The third-order valence-electron chi connectivity index (χ3n) is 2.65. The number of nitrogens with one attached hydrogen (secondary N) is 1. The van der Waals surface area contributed by atoms with E-state index < -0.39 is 0 Å². The van der Waals surface area contributed by atoms with Crippen LogP contribution in [0.15, 0.2) is 40.6 Å². The van der Waals surface area contributed by atoms with Gasteiger partial charge in [0, 0.05) is 24.0 Å². The molecule has 0 atom stereocenters. The van der Waals surface area contributed by atoms with E-state index in [0.717, 1.165) is 11.7 Å². The molecule has 1 heterocycles. The maximum atomic E-state index is 4.12. The molecular weight excluding hydrogens is 256 g/mol. The quantitative estimate of drug-likeness (QED) is 0.932. The summed E-state index contributed by atoms with van der Waals surface area (Å²) in [5.74, 6) is 0. The highest BCUT2D eigenvalue weighted by atomic mass is 32.2. The van der Waals surface area contributed by atoms with Crippen molar-refractivity contribution in [1.29, 1.82) is 0 Å². The zero-order valence-corrected chi connectivity index (χ0v) is 12.7. The molecule has 0 aliphatic carbocycles. The van der Waals surface area contributed by atoms with Gasteiger partial charge < -0.3 is 9.88 Å². The predicted octanol–water partition coefficient (Wildman–Crippen LogP) is 2.85. The molecule has 5 heteroatoms. The molecule has 2 rings (SSSR count). The monoisotopic (exact) mass is 276 g/mol. The van der Waals surface area contributed by atoms with Gasteiger partial charge in [0.2, 0.25) is 0 Å². The maximum Gasteiger partial charge on any atom is 0.195 e. The van der Waals surface area contributed by atoms with Crippen LogP contribution in [-0.2, 0) is 13.6 Å². The Morgan fingerprint density at radius 1 is 1.26 bits per heavy atom. The van der Waals surface area contributed by atoms with Crippen molar-refractivity contribution >= 4 is 11.8 Å². The number of hydrogen-bond acceptors (Lipinski definition) is 4. The summed E-state index contributed by atoms with van der Waals surface area (Å²) < 4.78 is 1.93. The van der Waals surface area contributed by atoms with Crippen LogP contribution in [-0.4, -0.2) is 20.3 Å². The molecule has 4 nitrogen and oxygen atoms in total. The molecule has 0 aliphatic rings. The first-order valence-electron chi connectivity index (χ1n) is 6.30. The van der Waals surface area contributed by atoms with Gasteiger partial charge in [-0.25, -0.2) is 0 Å². The lowest BCUT2D eigenvalue weighted by atomic mass is 10.1. The van der Waals surface area contributed by atoms with Crippen molar-refractivity contribution < 1.29 is 0 Å². The van der Waals surface area contributed by atoms with Gasteiger partial charge in [0.25, 0.3) is 0 Å². The highest BCUT2D eigenvalue weighted by molar-refractivity contribution is 7.99. The first-order valence-corrected chi connectivity index (χ1v) is 7.12. The molecule has 0 saturated heterocycles. The molecule has 1 aromatic carbocycles. The SMILES string of the molecule is Cn1cnnc1Sc1ccccc1CNC(C)(C)C. The van der Waals surface area contributed by atoms with E-state index in [-0.39, 0.29) is 5.54 Å². The second kappa shape index (κ2) is 5.75. The van der Waals surface area contributed by atoms with Crippen LogP contribution in [0.3, 0.4) is 0 Å². The minimum atomic E-state index is 0.114. The van der Waals surface area contributed by atoms with Gasteiger partial charge in [0.05, 0.1) is 0 Å². The summed E-state index contributed by atoms with van der Waals surface area (Å²) in [7, 11) is 1.96. The average molecular weight is 276 g/mol. The fourth-order valence-electron chi connectivity index (χ4n) is 1.57. The van der Waals surface area contributed by atoms with Crippen molar-refractivity contribution in [3.63, 3.8) is 0 Å². The number of benzene rings is 1. The van der Waals surface area contributed by atoms with E-state index in [9.17, 15) is 0 Å². The number of hydrogen-bond donors (Lipinski definition) is 1. The van der Waals surface area contributed by atoms with E-state index in [1.807, 2.05) is 11.6 Å². The van der Waals surface area contributed by atoms with Crippen molar-refractivity contribution in [2.45, 2.75) is 42.9 Å². The van der Waals surface area contributed by atoms with E-state index in [1.54, 1.807) is 18.1 Å². The van der Waals surface area contributed by atoms with Crippen molar-refractivity contribution in [3.8, 4) is 0 Å². The standard InChI is InChI=1S/C14H20N4S/c1-14(2,3)15-9-11-7-5-6-8-12(11)19-13-17-16-10-18(13)4/h5-8,10,15H,9H2,1-4H3. The van der Waals surface area contributed by atoms with Gasteiger partial charge in [0.1, 0.15) is 6.33 Å². The molecule has 0 fully saturated rings. The van der Waals surface area contributed by atoms with Gasteiger partial charge in [-0.3, -0.25) is 0 Å². The first kappa shape index (κ1) is 14.1. The minimum absolute atomic E-state index is 0.114. The van der Waals surface area contributed by atoms with Crippen LogP contribution in [0.1, 0.15) is 26.3 Å². The highest BCUT2D eigenvalue weighted by Gasteiger charge is 2.12. The van der Waals surface area contributed by atoms with Crippen LogP contribution in [0, 0.1) is 0 Å². The molecule has 102 valence electrons. The smallest absolute Gasteiger partial charge is 0.195 e. The molecule has 0 spiro atoms. The lowest BCUT2D eigenvalue weighted by molar-refractivity contribution is 0.422. The molecule has 19 heavy (non-hydrogen) atoms. The Bertz CT molecular complexity index is 542. The molecule has 0 radical (unpaired) electrons. The second-order valence-corrected chi connectivity index (χ2v) is 6.55. The van der Waals surface area contributed by atoms with E-state index in [2.05, 4.69) is 60.6 Å². The van der Waals surface area contributed by atoms with Crippen molar-refractivity contribution in [2.24, 2.45) is 7.05 Å². The summed E-state index contributed by atoms with van der Waals surface area (Å²) in [5.41, 5.74) is 1.40. The Labute approximate surface area is 118 Å². The molecular formula is C14H20N4S. The number of rotatable bonds is 4. The summed E-state index contributed by atoms with van der Waals surface area (Å²) in [6.45, 7) is 7.37.